The zero-order valence-corrected chi connectivity index (χ0v) is 15.4. The highest BCUT2D eigenvalue weighted by atomic mass is 32.2. The number of anilines is 2. The average Bonchev–Trinajstić information content (AvgIpc) is 2.87. The Balaban J connectivity index is 2.02. The molecule has 1 heterocycles. The lowest BCUT2D eigenvalue weighted by Gasteiger charge is -2.22. The molecule has 1 atom stereocenters. The van der Waals surface area contributed by atoms with E-state index in [-0.39, 0.29) is 35.9 Å². The summed E-state index contributed by atoms with van der Waals surface area (Å²) < 4.78 is 28.3. The number of hydrogen-bond donors (Lipinski definition) is 2. The quantitative estimate of drug-likeness (QED) is 0.765. The second kappa shape index (κ2) is 7.83. The fourth-order valence-corrected chi connectivity index (χ4v) is 4.56. The number of carbonyl (C=O) groups excluding carboxylic acids is 2. The number of nitrogens with zero attached hydrogens (tertiary/aromatic N) is 1. The topological polar surface area (TPSA) is 105 Å². The Morgan fingerprint density at radius 3 is 2.60 bits per heavy atom. The molecule has 1 aromatic carbocycles. The molecule has 1 saturated heterocycles. The number of hydrogen-bond acceptors (Lipinski definition) is 6. The Morgan fingerprint density at radius 2 is 2.04 bits per heavy atom. The summed E-state index contributed by atoms with van der Waals surface area (Å²) in [5, 5.41) is 5.39. The maximum Gasteiger partial charge on any atom is 0.238 e. The third-order valence-corrected chi connectivity index (χ3v) is 5.77. The number of rotatable bonds is 6. The molecule has 0 saturated carbocycles. The molecule has 1 fully saturated rings. The van der Waals surface area contributed by atoms with Crippen LogP contribution in [-0.2, 0) is 19.4 Å². The van der Waals surface area contributed by atoms with Crippen LogP contribution in [0.2, 0.25) is 0 Å². The van der Waals surface area contributed by atoms with E-state index >= 15 is 0 Å². The summed E-state index contributed by atoms with van der Waals surface area (Å²) in [5.41, 5.74) is 0.977. The molecule has 1 unspecified atom stereocenters. The van der Waals surface area contributed by atoms with Crippen LogP contribution in [0.25, 0.3) is 0 Å². The van der Waals surface area contributed by atoms with Gasteiger partial charge in [0.2, 0.25) is 11.8 Å². The van der Waals surface area contributed by atoms with E-state index in [4.69, 9.17) is 4.74 Å². The number of benzene rings is 1. The van der Waals surface area contributed by atoms with E-state index in [1.807, 2.05) is 0 Å². The molecule has 0 aliphatic carbocycles. The zero-order valence-electron chi connectivity index (χ0n) is 14.5. The highest BCUT2D eigenvalue weighted by Gasteiger charge is 2.31. The molecule has 2 N–H and O–H groups in total. The predicted octanol–water partition coefficient (Wildman–Crippen LogP) is 0.711. The molecule has 0 bridgehead atoms. The van der Waals surface area contributed by atoms with E-state index in [0.29, 0.717) is 23.5 Å². The lowest BCUT2D eigenvalue weighted by atomic mass is 10.2. The van der Waals surface area contributed by atoms with Crippen LogP contribution in [0.5, 0.6) is 5.75 Å². The van der Waals surface area contributed by atoms with Crippen molar-refractivity contribution in [2.75, 3.05) is 42.8 Å². The van der Waals surface area contributed by atoms with Crippen molar-refractivity contribution in [3.63, 3.8) is 0 Å². The van der Waals surface area contributed by atoms with Crippen molar-refractivity contribution in [3.8, 4) is 5.75 Å². The van der Waals surface area contributed by atoms with Crippen molar-refractivity contribution in [2.45, 2.75) is 19.4 Å². The first-order valence-electron chi connectivity index (χ1n) is 7.86. The van der Waals surface area contributed by atoms with Crippen LogP contribution in [0.4, 0.5) is 11.4 Å². The van der Waals surface area contributed by atoms with Gasteiger partial charge in [-0.2, -0.15) is 0 Å². The van der Waals surface area contributed by atoms with Crippen molar-refractivity contribution >= 4 is 33.0 Å². The summed E-state index contributed by atoms with van der Waals surface area (Å²) in [6, 6.07) is 4.78. The molecular weight excluding hydrogens is 346 g/mol. The van der Waals surface area contributed by atoms with Gasteiger partial charge in [-0.05, 0) is 31.7 Å². The van der Waals surface area contributed by atoms with E-state index in [0.717, 1.165) is 0 Å². The molecule has 8 nitrogen and oxygen atoms in total. The Bertz CT molecular complexity index is 763. The molecule has 0 spiro atoms. The van der Waals surface area contributed by atoms with E-state index in [1.165, 1.54) is 14.0 Å². The third kappa shape index (κ3) is 5.43. The maximum atomic E-state index is 12.3. The van der Waals surface area contributed by atoms with Gasteiger partial charge in [-0.1, -0.05) is 0 Å². The van der Waals surface area contributed by atoms with E-state index in [2.05, 4.69) is 10.6 Å². The average molecular weight is 369 g/mol. The number of nitrogens with one attached hydrogen (secondary N) is 2. The maximum absolute atomic E-state index is 12.3. The standard InChI is InChI=1S/C16H23N3O5S/c1-11(20)17-12-4-5-15(24-3)14(8-12)18-16(21)9-19(2)13-6-7-25(22,23)10-13/h4-5,8,13H,6-7,9-10H2,1-3H3,(H,17,20)(H,18,21). The van der Waals surface area contributed by atoms with Gasteiger partial charge in [0.1, 0.15) is 5.75 Å². The van der Waals surface area contributed by atoms with Crippen molar-refractivity contribution < 1.29 is 22.7 Å². The van der Waals surface area contributed by atoms with Gasteiger partial charge < -0.3 is 15.4 Å². The van der Waals surface area contributed by atoms with Gasteiger partial charge in [0.15, 0.2) is 9.84 Å². The summed E-state index contributed by atoms with van der Waals surface area (Å²) in [4.78, 5) is 25.2. The molecule has 2 rings (SSSR count). The van der Waals surface area contributed by atoms with Gasteiger partial charge in [-0.3, -0.25) is 14.5 Å². The van der Waals surface area contributed by atoms with Gasteiger partial charge in [0, 0.05) is 18.7 Å². The number of carbonyl (C=O) groups is 2. The van der Waals surface area contributed by atoms with Gasteiger partial charge in [-0.25, -0.2) is 8.42 Å². The number of sulfone groups is 1. The molecule has 0 radical (unpaired) electrons. The van der Waals surface area contributed by atoms with Gasteiger partial charge in [-0.15, -0.1) is 0 Å². The molecule has 9 heteroatoms. The number of ether oxygens (including phenoxy) is 1. The number of likely N-dealkylation sites (N-methyl/N-ethyl adjacent to an activating group) is 1. The van der Waals surface area contributed by atoms with Crippen LogP contribution < -0.4 is 15.4 Å². The van der Waals surface area contributed by atoms with E-state index in [1.54, 1.807) is 30.1 Å². The Morgan fingerprint density at radius 1 is 1.32 bits per heavy atom. The minimum absolute atomic E-state index is 0.0632. The molecule has 1 aliphatic heterocycles. The molecule has 138 valence electrons. The Kier molecular flexibility index (Phi) is 6.02. The lowest BCUT2D eigenvalue weighted by Crippen LogP contribution is -2.38. The van der Waals surface area contributed by atoms with Crippen molar-refractivity contribution in [1.29, 1.82) is 0 Å². The first kappa shape index (κ1) is 19.2. The fourth-order valence-electron chi connectivity index (χ4n) is 2.76. The second-order valence-corrected chi connectivity index (χ2v) is 8.35. The molecule has 2 amide bonds. The SMILES string of the molecule is COc1ccc(NC(C)=O)cc1NC(=O)CN(C)C1CCS(=O)(=O)C1. The normalized spacial score (nSPS) is 18.8. The zero-order chi connectivity index (χ0) is 18.6. The minimum Gasteiger partial charge on any atom is -0.495 e. The highest BCUT2D eigenvalue weighted by molar-refractivity contribution is 7.91. The van der Waals surface area contributed by atoms with Gasteiger partial charge >= 0.3 is 0 Å². The molecule has 25 heavy (non-hydrogen) atoms. The minimum atomic E-state index is -3.00. The first-order chi connectivity index (χ1) is 11.7. The van der Waals surface area contributed by atoms with Crippen LogP contribution in [0.3, 0.4) is 0 Å². The number of methoxy groups -OCH3 is 1. The lowest BCUT2D eigenvalue weighted by molar-refractivity contribution is -0.117. The summed E-state index contributed by atoms with van der Waals surface area (Å²) >= 11 is 0. The third-order valence-electron chi connectivity index (χ3n) is 4.02. The van der Waals surface area contributed by atoms with Crippen molar-refractivity contribution in [3.05, 3.63) is 18.2 Å². The molecule has 1 aliphatic rings. The van der Waals surface area contributed by atoms with Crippen LogP contribution in [0.15, 0.2) is 18.2 Å². The summed E-state index contributed by atoms with van der Waals surface area (Å²) in [7, 11) is 0.220. The highest BCUT2D eigenvalue weighted by Crippen LogP contribution is 2.28. The second-order valence-electron chi connectivity index (χ2n) is 6.12. The van der Waals surface area contributed by atoms with E-state index < -0.39 is 9.84 Å². The van der Waals surface area contributed by atoms with Crippen LogP contribution >= 0.6 is 0 Å². The smallest absolute Gasteiger partial charge is 0.238 e. The summed E-state index contributed by atoms with van der Waals surface area (Å²) in [5.74, 6) is 0.206. The van der Waals surface area contributed by atoms with Crippen LogP contribution in [0, 0.1) is 0 Å². The number of amides is 2. The van der Waals surface area contributed by atoms with Crippen LogP contribution in [0.1, 0.15) is 13.3 Å². The fraction of sp³-hybridized carbons (Fsp3) is 0.500. The van der Waals surface area contributed by atoms with E-state index in [9.17, 15) is 18.0 Å². The largest absolute Gasteiger partial charge is 0.495 e. The monoisotopic (exact) mass is 369 g/mol. The Hall–Kier alpha value is -2.13. The van der Waals surface area contributed by atoms with Gasteiger partial charge in [0.05, 0.1) is 30.8 Å². The predicted molar refractivity (Wildman–Crippen MR) is 95.6 cm³/mol. The van der Waals surface area contributed by atoms with Crippen molar-refractivity contribution in [2.24, 2.45) is 0 Å². The van der Waals surface area contributed by atoms with Crippen molar-refractivity contribution in [1.82, 2.24) is 4.90 Å². The first-order valence-corrected chi connectivity index (χ1v) is 9.68. The van der Waals surface area contributed by atoms with Crippen LogP contribution in [-0.4, -0.2) is 63.4 Å². The molecular formula is C16H23N3O5S. The van der Waals surface area contributed by atoms with Gasteiger partial charge in [0.25, 0.3) is 0 Å². The summed E-state index contributed by atoms with van der Waals surface area (Å²) in [6.45, 7) is 1.46. The Labute approximate surface area is 147 Å². The molecule has 1 aromatic rings. The summed E-state index contributed by atoms with van der Waals surface area (Å²) in [6.07, 6.45) is 0.535. The molecule has 0 aromatic heterocycles.